The summed E-state index contributed by atoms with van der Waals surface area (Å²) in [6, 6.07) is 18.2. The van der Waals surface area contributed by atoms with Gasteiger partial charge in [0.15, 0.2) is 16.7 Å². The van der Waals surface area contributed by atoms with Crippen molar-refractivity contribution in [2.75, 3.05) is 0 Å². The number of nitrogens with zero attached hydrogens (tertiary/aromatic N) is 3. The van der Waals surface area contributed by atoms with Gasteiger partial charge >= 0.3 is 0 Å². The number of aromatic nitrogens is 3. The predicted molar refractivity (Wildman–Crippen MR) is 154 cm³/mol. The van der Waals surface area contributed by atoms with Crippen LogP contribution in [0.15, 0.2) is 67.8 Å². The molecule has 0 amide bonds. The van der Waals surface area contributed by atoms with Gasteiger partial charge in [0, 0.05) is 16.7 Å². The fraction of sp³-hybridized carbons (Fsp3) is 0.182. The summed E-state index contributed by atoms with van der Waals surface area (Å²) in [4.78, 5) is 14.5. The molecule has 6 nitrogen and oxygen atoms in total. The molecule has 0 saturated heterocycles. The van der Waals surface area contributed by atoms with Crippen LogP contribution in [0.4, 0.5) is 0 Å². The van der Waals surface area contributed by atoms with Crippen molar-refractivity contribution in [3.05, 3.63) is 88.0 Å². The highest BCUT2D eigenvalue weighted by atomic mass is 16.4. The molecule has 0 aliphatic rings. The van der Waals surface area contributed by atoms with Gasteiger partial charge in [-0.2, -0.15) is 0 Å². The Morgan fingerprint density at radius 2 is 0.615 bits per heavy atom. The van der Waals surface area contributed by atoms with Crippen LogP contribution in [0, 0.1) is 41.5 Å². The lowest BCUT2D eigenvalue weighted by molar-refractivity contribution is 0.614. The van der Waals surface area contributed by atoms with Crippen molar-refractivity contribution in [3.63, 3.8) is 0 Å². The Morgan fingerprint density at radius 3 is 0.897 bits per heavy atom. The fourth-order valence-electron chi connectivity index (χ4n) is 4.91. The average Bonchev–Trinajstić information content (AvgIpc) is 3.61. The van der Waals surface area contributed by atoms with Gasteiger partial charge in [0.05, 0.1) is 0 Å². The van der Waals surface area contributed by atoms with Gasteiger partial charge < -0.3 is 13.3 Å². The maximum Gasteiger partial charge on any atom is 0.227 e. The van der Waals surface area contributed by atoms with Crippen LogP contribution in [0.2, 0.25) is 0 Å². The lowest BCUT2D eigenvalue weighted by Gasteiger charge is -2.04. The minimum absolute atomic E-state index is 0.517. The molecule has 192 valence electrons. The van der Waals surface area contributed by atoms with Crippen LogP contribution in [-0.4, -0.2) is 15.0 Å². The molecular formula is C33H27N3O3. The largest absolute Gasteiger partial charge is 0.436 e. The highest BCUT2D eigenvalue weighted by Crippen LogP contribution is 2.36. The van der Waals surface area contributed by atoms with E-state index in [1.165, 1.54) is 16.7 Å². The third-order valence-corrected chi connectivity index (χ3v) is 7.69. The van der Waals surface area contributed by atoms with E-state index in [2.05, 4.69) is 59.7 Å². The number of hydrogen-bond acceptors (Lipinski definition) is 6. The standard InChI is InChI=1S/C33H27N3O3/c1-16-7-25-28(10-19(16)4)37-31(34-25)22-13-23(32-35-26-8-17(2)20(5)11-29(26)38-32)15-24(14-22)33-36-27-9-18(3)21(6)12-30(27)39-33/h7-15H,1-6H3. The smallest absolute Gasteiger partial charge is 0.227 e. The summed E-state index contributed by atoms with van der Waals surface area (Å²) in [6.45, 7) is 12.5. The molecule has 6 heteroatoms. The Hall–Kier alpha value is -4.71. The van der Waals surface area contributed by atoms with Gasteiger partial charge in [-0.05, 0) is 130 Å². The molecule has 7 rings (SSSR count). The van der Waals surface area contributed by atoms with E-state index in [-0.39, 0.29) is 0 Å². The maximum atomic E-state index is 6.24. The first-order valence-electron chi connectivity index (χ1n) is 13.0. The molecule has 0 bridgehead atoms. The molecule has 0 unspecified atom stereocenters. The van der Waals surface area contributed by atoms with Crippen LogP contribution in [0.25, 0.3) is 67.7 Å². The van der Waals surface area contributed by atoms with Crippen LogP contribution in [0.3, 0.4) is 0 Å². The van der Waals surface area contributed by atoms with Crippen molar-refractivity contribution in [2.24, 2.45) is 0 Å². The Kier molecular flexibility index (Phi) is 5.04. The Bertz CT molecular complexity index is 1720. The Labute approximate surface area is 225 Å². The molecule has 0 spiro atoms. The summed E-state index contributed by atoms with van der Waals surface area (Å²) in [7, 11) is 0. The van der Waals surface area contributed by atoms with E-state index >= 15 is 0 Å². The van der Waals surface area contributed by atoms with Crippen molar-refractivity contribution >= 4 is 33.3 Å². The molecule has 0 N–H and O–H groups in total. The highest BCUT2D eigenvalue weighted by Gasteiger charge is 2.19. The molecule has 3 aromatic heterocycles. The topological polar surface area (TPSA) is 78.1 Å². The molecule has 3 heterocycles. The molecular weight excluding hydrogens is 486 g/mol. The minimum atomic E-state index is 0.517. The van der Waals surface area contributed by atoms with Gasteiger partial charge in [-0.1, -0.05) is 0 Å². The van der Waals surface area contributed by atoms with E-state index < -0.39 is 0 Å². The first-order chi connectivity index (χ1) is 18.7. The number of oxazole rings is 3. The normalized spacial score (nSPS) is 11.8. The average molecular weight is 514 g/mol. The Morgan fingerprint density at radius 1 is 0.359 bits per heavy atom. The molecule has 0 aliphatic heterocycles. The molecule has 7 aromatic rings. The van der Waals surface area contributed by atoms with Crippen molar-refractivity contribution in [1.29, 1.82) is 0 Å². The molecule has 0 radical (unpaired) electrons. The van der Waals surface area contributed by atoms with Crippen molar-refractivity contribution < 1.29 is 13.3 Å². The summed E-state index contributed by atoms with van der Waals surface area (Å²) < 4.78 is 18.7. The number of fused-ring (bicyclic) bond motifs is 3. The highest BCUT2D eigenvalue weighted by molar-refractivity contribution is 5.84. The van der Waals surface area contributed by atoms with E-state index in [1.807, 2.05) is 36.4 Å². The lowest BCUT2D eigenvalue weighted by Crippen LogP contribution is -1.86. The second-order valence-electron chi connectivity index (χ2n) is 10.6. The van der Waals surface area contributed by atoms with Crippen LogP contribution in [0.5, 0.6) is 0 Å². The van der Waals surface area contributed by atoms with Crippen molar-refractivity contribution in [1.82, 2.24) is 15.0 Å². The lowest BCUT2D eigenvalue weighted by atomic mass is 10.1. The molecule has 0 fully saturated rings. The zero-order chi connectivity index (χ0) is 27.0. The van der Waals surface area contributed by atoms with E-state index in [0.717, 1.165) is 66.7 Å². The minimum Gasteiger partial charge on any atom is -0.436 e. The molecule has 4 aromatic carbocycles. The van der Waals surface area contributed by atoms with Crippen LogP contribution in [-0.2, 0) is 0 Å². The zero-order valence-corrected chi connectivity index (χ0v) is 22.8. The third kappa shape index (κ3) is 3.91. The van der Waals surface area contributed by atoms with E-state index in [0.29, 0.717) is 17.7 Å². The van der Waals surface area contributed by atoms with Crippen LogP contribution in [0.1, 0.15) is 33.4 Å². The van der Waals surface area contributed by atoms with E-state index in [1.54, 1.807) is 0 Å². The molecule has 39 heavy (non-hydrogen) atoms. The number of rotatable bonds is 3. The number of aryl methyl sites for hydroxylation is 6. The van der Waals surface area contributed by atoms with Crippen molar-refractivity contribution in [2.45, 2.75) is 41.5 Å². The molecule has 0 saturated carbocycles. The van der Waals surface area contributed by atoms with Gasteiger partial charge in [0.25, 0.3) is 0 Å². The summed E-state index contributed by atoms with van der Waals surface area (Å²) in [5, 5.41) is 0. The summed E-state index contributed by atoms with van der Waals surface area (Å²) >= 11 is 0. The monoisotopic (exact) mass is 513 g/mol. The van der Waals surface area contributed by atoms with Gasteiger partial charge in [-0.3, -0.25) is 0 Å². The van der Waals surface area contributed by atoms with E-state index in [4.69, 9.17) is 28.2 Å². The van der Waals surface area contributed by atoms with Crippen LogP contribution < -0.4 is 0 Å². The maximum absolute atomic E-state index is 6.24. The SMILES string of the molecule is Cc1cc2nc(-c3cc(-c4nc5cc(C)c(C)cc5o4)cc(-c4nc5cc(C)c(C)cc5o4)c3)oc2cc1C. The van der Waals surface area contributed by atoms with Gasteiger partial charge in [-0.15, -0.1) is 0 Å². The molecule has 0 atom stereocenters. The van der Waals surface area contributed by atoms with Gasteiger partial charge in [0.2, 0.25) is 17.7 Å². The summed E-state index contributed by atoms with van der Waals surface area (Å²) in [6.07, 6.45) is 0. The predicted octanol–water partition coefficient (Wildman–Crippen LogP) is 8.96. The Balaban J connectivity index is 1.45. The van der Waals surface area contributed by atoms with Gasteiger partial charge in [0.1, 0.15) is 16.6 Å². The zero-order valence-electron chi connectivity index (χ0n) is 22.8. The number of benzene rings is 4. The first kappa shape index (κ1) is 23.4. The first-order valence-corrected chi connectivity index (χ1v) is 13.0. The molecule has 0 aliphatic carbocycles. The second kappa shape index (κ2) is 8.40. The summed E-state index contributed by atoms with van der Waals surface area (Å²) in [5.74, 6) is 1.55. The fourth-order valence-corrected chi connectivity index (χ4v) is 4.91. The van der Waals surface area contributed by atoms with E-state index in [9.17, 15) is 0 Å². The number of hydrogen-bond donors (Lipinski definition) is 0. The third-order valence-electron chi connectivity index (χ3n) is 7.69. The second-order valence-corrected chi connectivity index (χ2v) is 10.6. The van der Waals surface area contributed by atoms with Crippen LogP contribution >= 0.6 is 0 Å². The van der Waals surface area contributed by atoms with Gasteiger partial charge in [-0.25, -0.2) is 15.0 Å². The van der Waals surface area contributed by atoms with Crippen molar-refractivity contribution in [3.8, 4) is 34.4 Å². The summed E-state index contributed by atoms with van der Waals surface area (Å²) in [5.41, 5.74) is 14.1. The quantitative estimate of drug-likeness (QED) is 0.235.